The number of alkyl halides is 3. The van der Waals surface area contributed by atoms with Crippen LogP contribution in [0.3, 0.4) is 0 Å². The summed E-state index contributed by atoms with van der Waals surface area (Å²) >= 11 is 2.12. The second kappa shape index (κ2) is 3.72. The van der Waals surface area contributed by atoms with Gasteiger partial charge in [0.25, 0.3) is 0 Å². The van der Waals surface area contributed by atoms with Crippen LogP contribution in [0.1, 0.15) is 17.2 Å². The summed E-state index contributed by atoms with van der Waals surface area (Å²) in [6.07, 6.45) is -1.80. The monoisotopic (exact) mass is 250 g/mol. The molecular formula is C9H9BrF2O. The number of aliphatic hydroxyl groups is 1. The number of rotatable bonds is 2. The van der Waals surface area contributed by atoms with E-state index in [1.165, 1.54) is 12.1 Å². The van der Waals surface area contributed by atoms with Gasteiger partial charge in [-0.1, -0.05) is 29.8 Å². The van der Waals surface area contributed by atoms with Crippen molar-refractivity contribution in [3.05, 3.63) is 35.4 Å². The first-order chi connectivity index (χ1) is 5.91. The lowest BCUT2D eigenvalue weighted by molar-refractivity contribution is -0.0294. The highest BCUT2D eigenvalue weighted by Crippen LogP contribution is 2.36. The summed E-state index contributed by atoms with van der Waals surface area (Å²) in [5.41, 5.74) is 1.05. The summed E-state index contributed by atoms with van der Waals surface area (Å²) in [7, 11) is 0. The quantitative estimate of drug-likeness (QED) is 0.801. The van der Waals surface area contributed by atoms with Gasteiger partial charge in [-0.2, -0.15) is 8.78 Å². The van der Waals surface area contributed by atoms with Gasteiger partial charge in [0.05, 0.1) is 0 Å². The van der Waals surface area contributed by atoms with E-state index < -0.39 is 10.9 Å². The molecule has 0 aliphatic rings. The lowest BCUT2D eigenvalue weighted by Gasteiger charge is -2.16. The largest absolute Gasteiger partial charge is 0.381 e. The molecule has 0 aliphatic heterocycles. The van der Waals surface area contributed by atoms with Crippen LogP contribution in [0.15, 0.2) is 24.3 Å². The molecule has 0 aromatic heterocycles. The van der Waals surface area contributed by atoms with E-state index in [0.717, 1.165) is 5.56 Å². The maximum absolute atomic E-state index is 12.6. The molecule has 13 heavy (non-hydrogen) atoms. The lowest BCUT2D eigenvalue weighted by atomic mass is 10.1. The van der Waals surface area contributed by atoms with Gasteiger partial charge >= 0.3 is 4.83 Å². The fraction of sp³-hybridized carbons (Fsp3) is 0.333. The Labute approximate surface area is 83.5 Å². The molecule has 1 unspecified atom stereocenters. The highest BCUT2D eigenvalue weighted by molar-refractivity contribution is 9.10. The third-order valence-corrected chi connectivity index (χ3v) is 2.10. The Bertz CT molecular complexity index is 296. The van der Waals surface area contributed by atoms with Crippen molar-refractivity contribution in [2.24, 2.45) is 0 Å². The van der Waals surface area contributed by atoms with E-state index in [4.69, 9.17) is 0 Å². The molecule has 72 valence electrons. The first kappa shape index (κ1) is 10.6. The van der Waals surface area contributed by atoms with Crippen molar-refractivity contribution in [3.63, 3.8) is 0 Å². The zero-order valence-electron chi connectivity index (χ0n) is 6.97. The fourth-order valence-electron chi connectivity index (χ4n) is 1.03. The molecule has 0 radical (unpaired) electrons. The third kappa shape index (κ3) is 2.74. The van der Waals surface area contributed by atoms with Crippen molar-refractivity contribution >= 4 is 15.9 Å². The smallest absolute Gasteiger partial charge is 0.330 e. The van der Waals surface area contributed by atoms with Gasteiger partial charge in [-0.15, -0.1) is 0 Å². The molecule has 0 saturated carbocycles. The normalized spacial score (nSPS) is 14.2. The van der Waals surface area contributed by atoms with Crippen molar-refractivity contribution in [3.8, 4) is 0 Å². The Balaban J connectivity index is 2.96. The summed E-state index contributed by atoms with van der Waals surface area (Å²) in [6, 6.07) is 6.40. The van der Waals surface area contributed by atoms with Gasteiger partial charge in [0.1, 0.15) is 0 Å². The molecule has 0 aliphatic carbocycles. The molecule has 1 rings (SSSR count). The van der Waals surface area contributed by atoms with Crippen LogP contribution in [0.4, 0.5) is 8.78 Å². The average molecular weight is 251 g/mol. The molecule has 0 heterocycles. The number of aryl methyl sites for hydroxylation is 1. The standard InChI is InChI=1S/C9H9BrF2O/c1-6-3-2-4-7(5-6)8(13)9(10,11)12/h2-5,8,13H,1H3. The van der Waals surface area contributed by atoms with E-state index in [-0.39, 0.29) is 5.56 Å². The molecule has 0 fully saturated rings. The Hall–Kier alpha value is -0.480. The van der Waals surface area contributed by atoms with E-state index in [1.807, 2.05) is 0 Å². The summed E-state index contributed by atoms with van der Waals surface area (Å²) in [4.78, 5) is -3.28. The van der Waals surface area contributed by atoms with Gasteiger partial charge in [0.15, 0.2) is 6.10 Å². The molecule has 1 atom stereocenters. The number of benzene rings is 1. The second-order valence-corrected chi connectivity index (χ2v) is 3.92. The van der Waals surface area contributed by atoms with Crippen LogP contribution in [0.5, 0.6) is 0 Å². The predicted octanol–water partition coefficient (Wildman–Crippen LogP) is 3.02. The van der Waals surface area contributed by atoms with Crippen LogP contribution in [0.25, 0.3) is 0 Å². The van der Waals surface area contributed by atoms with Gasteiger partial charge in [0.2, 0.25) is 0 Å². The average Bonchev–Trinajstić information content (AvgIpc) is 2.01. The molecule has 0 amide bonds. The highest BCUT2D eigenvalue weighted by atomic mass is 79.9. The number of hydrogen-bond acceptors (Lipinski definition) is 1. The van der Waals surface area contributed by atoms with Crippen LogP contribution >= 0.6 is 15.9 Å². The van der Waals surface area contributed by atoms with Crippen LogP contribution in [0.2, 0.25) is 0 Å². The van der Waals surface area contributed by atoms with Gasteiger partial charge in [-0.25, -0.2) is 0 Å². The van der Waals surface area contributed by atoms with E-state index >= 15 is 0 Å². The Morgan fingerprint density at radius 3 is 2.54 bits per heavy atom. The Morgan fingerprint density at radius 1 is 1.46 bits per heavy atom. The first-order valence-corrected chi connectivity index (χ1v) is 4.52. The minimum absolute atomic E-state index is 0.210. The second-order valence-electron chi connectivity index (χ2n) is 2.86. The minimum atomic E-state index is -3.28. The molecule has 0 spiro atoms. The third-order valence-electron chi connectivity index (χ3n) is 1.67. The number of aliphatic hydroxyl groups excluding tert-OH is 1. The van der Waals surface area contributed by atoms with Crippen molar-refractivity contribution in [2.45, 2.75) is 17.9 Å². The Morgan fingerprint density at radius 2 is 2.08 bits per heavy atom. The zero-order valence-corrected chi connectivity index (χ0v) is 8.55. The topological polar surface area (TPSA) is 20.2 Å². The SMILES string of the molecule is Cc1cccc(C(O)C(F)(F)Br)c1. The molecule has 4 heteroatoms. The molecule has 1 nitrogen and oxygen atoms in total. The van der Waals surface area contributed by atoms with Gasteiger partial charge in [-0.05, 0) is 28.4 Å². The van der Waals surface area contributed by atoms with Crippen LogP contribution in [0, 0.1) is 6.92 Å². The molecule has 1 aromatic rings. The molecule has 0 saturated heterocycles. The molecule has 1 aromatic carbocycles. The predicted molar refractivity (Wildman–Crippen MR) is 50.0 cm³/mol. The molecule has 1 N–H and O–H groups in total. The van der Waals surface area contributed by atoms with Crippen LogP contribution < -0.4 is 0 Å². The van der Waals surface area contributed by atoms with Crippen LogP contribution in [-0.2, 0) is 0 Å². The summed E-state index contributed by atoms with van der Waals surface area (Å²) in [5.74, 6) is 0. The van der Waals surface area contributed by atoms with Crippen molar-refractivity contribution < 1.29 is 13.9 Å². The van der Waals surface area contributed by atoms with E-state index in [9.17, 15) is 13.9 Å². The van der Waals surface area contributed by atoms with Crippen LogP contribution in [-0.4, -0.2) is 9.94 Å². The first-order valence-electron chi connectivity index (χ1n) is 3.72. The van der Waals surface area contributed by atoms with Gasteiger partial charge < -0.3 is 5.11 Å². The minimum Gasteiger partial charge on any atom is -0.381 e. The van der Waals surface area contributed by atoms with E-state index in [1.54, 1.807) is 19.1 Å². The lowest BCUT2D eigenvalue weighted by Crippen LogP contribution is -2.18. The molecule has 0 bridgehead atoms. The summed E-state index contributed by atoms with van der Waals surface area (Å²) in [6.45, 7) is 1.78. The summed E-state index contributed by atoms with van der Waals surface area (Å²) < 4.78 is 25.2. The van der Waals surface area contributed by atoms with Gasteiger partial charge in [0, 0.05) is 0 Å². The number of halogens is 3. The maximum atomic E-state index is 12.6. The maximum Gasteiger partial charge on any atom is 0.330 e. The van der Waals surface area contributed by atoms with E-state index in [2.05, 4.69) is 15.9 Å². The summed E-state index contributed by atoms with van der Waals surface area (Å²) in [5, 5.41) is 9.18. The zero-order chi connectivity index (χ0) is 10.1. The van der Waals surface area contributed by atoms with E-state index in [0.29, 0.717) is 0 Å². The van der Waals surface area contributed by atoms with Crippen molar-refractivity contribution in [2.75, 3.05) is 0 Å². The van der Waals surface area contributed by atoms with Crippen molar-refractivity contribution in [1.82, 2.24) is 0 Å². The molecular weight excluding hydrogens is 242 g/mol. The Kier molecular flexibility index (Phi) is 3.03. The van der Waals surface area contributed by atoms with Crippen molar-refractivity contribution in [1.29, 1.82) is 0 Å². The fourth-order valence-corrected chi connectivity index (χ4v) is 1.29. The highest BCUT2D eigenvalue weighted by Gasteiger charge is 2.35. The number of hydrogen-bond donors (Lipinski definition) is 1. The van der Waals surface area contributed by atoms with Gasteiger partial charge in [-0.3, -0.25) is 0 Å².